The van der Waals surface area contributed by atoms with Crippen molar-refractivity contribution in [3.8, 4) is 0 Å². The number of allylic oxidation sites excluding steroid dienone is 2. The summed E-state index contributed by atoms with van der Waals surface area (Å²) in [4.78, 5) is 26.1. The minimum atomic E-state index is -5.64. The van der Waals surface area contributed by atoms with Gasteiger partial charge in [-0.1, -0.05) is 0 Å². The second-order valence-electron chi connectivity index (χ2n) is 6.78. The molecule has 0 atom stereocenters. The number of carbonyl (C=O) groups excluding carboxylic acids is 2. The number of hydrogen-bond acceptors (Lipinski definition) is 4. The predicted molar refractivity (Wildman–Crippen MR) is 126 cm³/mol. The molecule has 3 aromatic carbocycles. The molecular weight excluding hydrogens is 498 g/mol. The fourth-order valence-corrected chi connectivity index (χ4v) is 16.4. The first kappa shape index (κ1) is 22.6. The van der Waals surface area contributed by atoms with E-state index >= 15 is 0 Å². The summed E-state index contributed by atoms with van der Waals surface area (Å²) in [5.74, 6) is -1.12. The monoisotopic (exact) mass is 522 g/mol. The summed E-state index contributed by atoms with van der Waals surface area (Å²) in [6, 6.07) is 28.0. The fraction of sp³-hybridized carbons (Fsp3) is 0.0769. The van der Waals surface area contributed by atoms with Gasteiger partial charge in [-0.2, -0.15) is 0 Å². The first-order valence-electron chi connectivity index (χ1n) is 9.98. The van der Waals surface area contributed by atoms with Gasteiger partial charge in [0, 0.05) is 0 Å². The van der Waals surface area contributed by atoms with Crippen molar-refractivity contribution < 1.29 is 15.6 Å². The van der Waals surface area contributed by atoms with E-state index in [0.29, 0.717) is 10.5 Å². The summed E-state index contributed by atoms with van der Waals surface area (Å²) in [7, 11) is 0. The summed E-state index contributed by atoms with van der Waals surface area (Å²) < 4.78 is 14.9. The minimum absolute atomic E-state index is 0.561. The number of hydrogen-bond donors (Lipinski definition) is 0. The van der Waals surface area contributed by atoms with Crippen molar-refractivity contribution in [3.63, 3.8) is 0 Å². The summed E-state index contributed by atoms with van der Waals surface area (Å²) in [6.07, 6.45) is 5.92. The van der Waals surface area contributed by atoms with Crippen LogP contribution >= 0.6 is 0 Å². The van der Waals surface area contributed by atoms with Crippen molar-refractivity contribution in [1.82, 2.24) is 0 Å². The predicted octanol–water partition coefficient (Wildman–Crippen LogP) is 3.34. The van der Waals surface area contributed by atoms with E-state index in [4.69, 9.17) is 6.03 Å². The van der Waals surface area contributed by atoms with E-state index in [9.17, 15) is 9.59 Å². The molecule has 0 aliphatic heterocycles. The number of carbonyl (C=O) groups is 2. The number of rotatable bonds is 7. The van der Waals surface area contributed by atoms with Gasteiger partial charge in [0.1, 0.15) is 0 Å². The third-order valence-corrected chi connectivity index (χ3v) is 18.4. The van der Waals surface area contributed by atoms with Gasteiger partial charge in [-0.3, -0.25) is 0 Å². The van der Waals surface area contributed by atoms with Gasteiger partial charge >= 0.3 is 185 Å². The van der Waals surface area contributed by atoms with Gasteiger partial charge in [-0.25, -0.2) is 0 Å². The molecule has 0 radical (unpaired) electrons. The Bertz CT molecular complexity index is 961. The normalized spacial score (nSPS) is 12.9. The maximum absolute atomic E-state index is 13.1. The third kappa shape index (κ3) is 4.21. The van der Waals surface area contributed by atoms with Crippen LogP contribution in [0.3, 0.4) is 0 Å². The van der Waals surface area contributed by atoms with Crippen LogP contribution in [0.25, 0.3) is 0 Å². The van der Waals surface area contributed by atoms with E-state index in [1.807, 2.05) is 91.0 Å². The van der Waals surface area contributed by atoms with Crippen LogP contribution in [0.15, 0.2) is 115 Å². The molecule has 3 rings (SSSR count). The van der Waals surface area contributed by atoms with Gasteiger partial charge in [0.05, 0.1) is 0 Å². The average molecular weight is 523 g/mol. The Labute approximate surface area is 185 Å². The summed E-state index contributed by atoms with van der Waals surface area (Å²) in [5.41, 5.74) is 0. The molecule has 3 aromatic rings. The summed E-state index contributed by atoms with van der Waals surface area (Å²) in [5, 5.41) is 0. The van der Waals surface area contributed by atoms with Gasteiger partial charge in [0.15, 0.2) is 0 Å². The zero-order valence-corrected chi connectivity index (χ0v) is 20.1. The van der Waals surface area contributed by atoms with E-state index in [1.165, 1.54) is 12.2 Å². The molecule has 0 N–H and O–H groups in total. The van der Waals surface area contributed by atoms with Crippen molar-refractivity contribution in [1.29, 1.82) is 0 Å². The molecule has 5 heteroatoms. The Morgan fingerprint density at radius 3 is 1.13 bits per heavy atom. The molecule has 0 amide bonds. The fourth-order valence-electron chi connectivity index (χ4n) is 3.55. The molecule has 0 fully saturated rings. The molecular formula is C26H25O4Sb. The second-order valence-corrected chi connectivity index (χ2v) is 17.7. The van der Waals surface area contributed by atoms with E-state index in [0.717, 1.165) is 0 Å². The number of benzene rings is 3. The molecule has 0 bridgehead atoms. The standard InChI is InChI=1S/3C6H5.2C4H6O2.Sb/c3*1-2-4-6-5-3-1;2*1-2-3-4(5)6;/h3*1-5H;2*2-3H,1H3,(H,5,6);/q;;;;;+2/p-2/b;;;2*3-2+;. The summed E-state index contributed by atoms with van der Waals surface area (Å²) in [6.45, 7) is 3.48. The van der Waals surface area contributed by atoms with Gasteiger partial charge < -0.3 is 0 Å². The van der Waals surface area contributed by atoms with Gasteiger partial charge in [-0.15, -0.1) is 0 Å². The molecule has 0 heterocycles. The van der Waals surface area contributed by atoms with Gasteiger partial charge in [0.25, 0.3) is 0 Å². The van der Waals surface area contributed by atoms with Crippen molar-refractivity contribution in [2.75, 3.05) is 0 Å². The van der Waals surface area contributed by atoms with Crippen LogP contribution in [0.4, 0.5) is 0 Å². The van der Waals surface area contributed by atoms with Crippen molar-refractivity contribution >= 4 is 40.7 Å². The quantitative estimate of drug-likeness (QED) is 0.353. The van der Waals surface area contributed by atoms with Crippen LogP contribution in [0.2, 0.25) is 0 Å². The summed E-state index contributed by atoms with van der Waals surface area (Å²) >= 11 is -5.64. The Morgan fingerprint density at radius 1 is 0.581 bits per heavy atom. The van der Waals surface area contributed by atoms with Crippen LogP contribution in [-0.4, -0.2) is 30.2 Å². The Hall–Kier alpha value is -3.10. The van der Waals surface area contributed by atoms with E-state index in [2.05, 4.69) is 0 Å². The molecule has 4 nitrogen and oxygen atoms in total. The van der Waals surface area contributed by atoms with Crippen molar-refractivity contribution in [3.05, 3.63) is 115 Å². The van der Waals surface area contributed by atoms with Gasteiger partial charge in [0.2, 0.25) is 0 Å². The van der Waals surface area contributed by atoms with Crippen molar-refractivity contribution in [2.45, 2.75) is 13.8 Å². The Kier molecular flexibility index (Phi) is 7.14. The molecule has 0 unspecified atom stereocenters. The van der Waals surface area contributed by atoms with E-state index in [-0.39, 0.29) is 0 Å². The van der Waals surface area contributed by atoms with E-state index < -0.39 is 30.2 Å². The zero-order chi connectivity index (χ0) is 22.2. The van der Waals surface area contributed by atoms with Crippen LogP contribution in [0, 0.1) is 0 Å². The molecule has 158 valence electrons. The second kappa shape index (κ2) is 9.80. The molecule has 0 aromatic heterocycles. The first-order valence-corrected chi connectivity index (χ1v) is 15.9. The average Bonchev–Trinajstić information content (AvgIpc) is 2.81. The van der Waals surface area contributed by atoms with Crippen LogP contribution in [-0.2, 0) is 15.6 Å². The van der Waals surface area contributed by atoms with Crippen LogP contribution in [0.5, 0.6) is 0 Å². The molecule has 0 saturated carbocycles. The SMILES string of the molecule is C/C=C/C(=O)[O][Sb]([O]C(=O)/C=C/C)([c]1ccccc1)([c]1ccccc1)[c]1ccccc1. The zero-order valence-electron chi connectivity index (χ0n) is 17.5. The molecule has 0 spiro atoms. The molecule has 0 saturated heterocycles. The van der Waals surface area contributed by atoms with Crippen LogP contribution in [0.1, 0.15) is 13.8 Å². The Morgan fingerprint density at radius 2 is 0.871 bits per heavy atom. The molecule has 0 aliphatic rings. The maximum atomic E-state index is 13.1. The van der Waals surface area contributed by atoms with Gasteiger partial charge in [-0.05, 0) is 0 Å². The van der Waals surface area contributed by atoms with Crippen molar-refractivity contribution in [2.24, 2.45) is 0 Å². The van der Waals surface area contributed by atoms with E-state index in [1.54, 1.807) is 26.0 Å². The molecule has 31 heavy (non-hydrogen) atoms. The molecule has 0 aliphatic carbocycles. The first-order chi connectivity index (χ1) is 15.1. The van der Waals surface area contributed by atoms with Crippen LogP contribution < -0.4 is 10.5 Å². The Balaban J connectivity index is 2.53. The topological polar surface area (TPSA) is 52.6 Å². The third-order valence-electron chi connectivity index (χ3n) is 4.81.